The molecule has 0 bridgehead atoms. The van der Waals surface area contributed by atoms with Gasteiger partial charge in [-0.3, -0.25) is 0 Å². The van der Waals surface area contributed by atoms with Crippen molar-refractivity contribution < 1.29 is 21.7 Å². The number of hydrogen-bond acceptors (Lipinski definition) is 0. The molecule has 0 heterocycles. The Morgan fingerprint density at radius 2 is 1.12 bits per heavy atom. The van der Waals surface area contributed by atoms with Crippen LogP contribution in [0.3, 0.4) is 0 Å². The molecule has 0 fully saturated rings. The van der Waals surface area contributed by atoms with Gasteiger partial charge >= 0.3 is 21.7 Å². The molecule has 2 aromatic carbocycles. The van der Waals surface area contributed by atoms with E-state index < -0.39 is 0 Å². The minimum Gasteiger partial charge on any atom is -0.663 e. The molecule has 146 valence electrons. The average molecular weight is 393 g/mol. The Balaban J connectivity index is -0.000000290. The number of benzene rings is 1. The van der Waals surface area contributed by atoms with Crippen LogP contribution in [0.25, 0.3) is 26.7 Å². The third kappa shape index (κ3) is 18.2. The third-order valence-corrected chi connectivity index (χ3v) is 3.24. The van der Waals surface area contributed by atoms with E-state index in [-0.39, 0.29) is 21.7 Å². The molecule has 3 nitrogen and oxygen atoms in total. The predicted molar refractivity (Wildman–Crippen MR) is 118 cm³/mol. The van der Waals surface area contributed by atoms with Gasteiger partial charge in [0.05, 0.1) is 0 Å². The number of rotatable bonds is 6. The summed E-state index contributed by atoms with van der Waals surface area (Å²) < 4.78 is 0. The van der Waals surface area contributed by atoms with Crippen molar-refractivity contribution in [3.05, 3.63) is 57.9 Å². The third-order valence-electron chi connectivity index (χ3n) is 3.24. The molecule has 0 aromatic heterocycles. The van der Waals surface area contributed by atoms with Crippen molar-refractivity contribution in [1.82, 2.24) is 0 Å². The molecule has 0 unspecified atom stereocenters. The fourth-order valence-corrected chi connectivity index (χ4v) is 2.00. The molecule has 0 aliphatic carbocycles. The molecule has 0 spiro atoms. The number of fused-ring (bicyclic) bond motifs is 1. The van der Waals surface area contributed by atoms with Gasteiger partial charge in [0.2, 0.25) is 0 Å². The first kappa shape index (κ1) is 30.2. The van der Waals surface area contributed by atoms with E-state index in [0.29, 0.717) is 0 Å². The van der Waals surface area contributed by atoms with Crippen LogP contribution < -0.4 is 0 Å². The van der Waals surface area contributed by atoms with Gasteiger partial charge in [-0.15, -0.1) is 29.0 Å². The predicted octanol–water partition coefficient (Wildman–Crippen LogP) is 7.06. The van der Waals surface area contributed by atoms with Crippen molar-refractivity contribution in [2.24, 2.45) is 0 Å². The van der Waals surface area contributed by atoms with Crippen LogP contribution in [0.2, 0.25) is 0 Å². The molecular formula is C22H39N3Ti. The summed E-state index contributed by atoms with van der Waals surface area (Å²) in [6.07, 6.45) is 0. The first-order chi connectivity index (χ1) is 12.1. The van der Waals surface area contributed by atoms with Crippen molar-refractivity contribution in [2.45, 2.75) is 48.5 Å². The van der Waals surface area contributed by atoms with Crippen LogP contribution in [0.1, 0.15) is 47.1 Å². The SMILES string of the molecule is CC[N-]CC.CC[N-]CC.CC[N-]CC.Cc1cccc2[cH-]ccc12.[Ti+4]. The number of nitrogens with zero attached hydrogens (tertiary/aromatic N) is 3. The Kier molecular flexibility index (Phi) is 28.3. The summed E-state index contributed by atoms with van der Waals surface area (Å²) in [5.74, 6) is 0. The molecule has 0 aliphatic heterocycles. The molecule has 0 amide bonds. The van der Waals surface area contributed by atoms with Gasteiger partial charge in [0, 0.05) is 0 Å². The zero-order chi connectivity index (χ0) is 19.3. The van der Waals surface area contributed by atoms with Crippen LogP contribution >= 0.6 is 0 Å². The summed E-state index contributed by atoms with van der Waals surface area (Å²) >= 11 is 0. The van der Waals surface area contributed by atoms with E-state index >= 15 is 0 Å². The van der Waals surface area contributed by atoms with Gasteiger partial charge in [0.15, 0.2) is 0 Å². The first-order valence-corrected chi connectivity index (χ1v) is 9.63. The molecule has 2 rings (SSSR count). The maximum Gasteiger partial charge on any atom is 4.00 e. The molecule has 0 radical (unpaired) electrons. The maximum absolute atomic E-state index is 3.97. The van der Waals surface area contributed by atoms with Gasteiger partial charge in [-0.25, -0.2) is 0 Å². The molecule has 0 aliphatic rings. The number of hydrogen-bond donors (Lipinski definition) is 0. The van der Waals surface area contributed by atoms with Crippen molar-refractivity contribution in [1.29, 1.82) is 0 Å². The molecule has 2 aromatic rings. The standard InChI is InChI=1S/C10H9.3C4H10N.Ti/c1-8-4-2-5-9-6-3-7-10(8)9;3*1-3-5-4-2;/h2-7H,1H3;3*3-4H2,1-2H3;/q4*-1;+4. The fraction of sp³-hybridized carbons (Fsp3) is 0.591. The maximum atomic E-state index is 3.97. The molecular weight excluding hydrogens is 354 g/mol. The monoisotopic (exact) mass is 393 g/mol. The van der Waals surface area contributed by atoms with E-state index in [0.717, 1.165) is 39.3 Å². The minimum absolute atomic E-state index is 0. The van der Waals surface area contributed by atoms with Gasteiger partial charge < -0.3 is 16.0 Å². The zero-order valence-electron chi connectivity index (χ0n) is 18.0. The summed E-state index contributed by atoms with van der Waals surface area (Å²) in [6, 6.07) is 12.8. The quantitative estimate of drug-likeness (QED) is 0.372. The number of aryl methyl sites for hydroxylation is 1. The normalized spacial score (nSPS) is 8.88. The molecule has 0 N–H and O–H groups in total. The van der Waals surface area contributed by atoms with Gasteiger partial charge in [-0.2, -0.15) is 51.4 Å². The van der Waals surface area contributed by atoms with E-state index in [2.05, 4.69) is 59.3 Å². The van der Waals surface area contributed by atoms with Crippen molar-refractivity contribution in [3.63, 3.8) is 0 Å². The smallest absolute Gasteiger partial charge is 0.663 e. The second kappa shape index (κ2) is 24.4. The Morgan fingerprint density at radius 1 is 0.692 bits per heavy atom. The van der Waals surface area contributed by atoms with E-state index in [9.17, 15) is 0 Å². The van der Waals surface area contributed by atoms with Crippen LogP contribution in [0.5, 0.6) is 0 Å². The second-order valence-corrected chi connectivity index (χ2v) is 5.17. The Hall–Kier alpha value is -0.576. The van der Waals surface area contributed by atoms with Crippen LogP contribution in [-0.4, -0.2) is 39.3 Å². The Morgan fingerprint density at radius 3 is 1.42 bits per heavy atom. The molecule has 0 atom stereocenters. The van der Waals surface area contributed by atoms with E-state index in [1.807, 2.05) is 41.5 Å². The van der Waals surface area contributed by atoms with Crippen molar-refractivity contribution in [3.8, 4) is 0 Å². The Labute approximate surface area is 178 Å². The minimum atomic E-state index is 0. The first-order valence-electron chi connectivity index (χ1n) is 9.63. The van der Waals surface area contributed by atoms with E-state index in [4.69, 9.17) is 0 Å². The molecule has 26 heavy (non-hydrogen) atoms. The van der Waals surface area contributed by atoms with Gasteiger partial charge in [0.25, 0.3) is 0 Å². The summed E-state index contributed by atoms with van der Waals surface area (Å²) in [4.78, 5) is 0. The van der Waals surface area contributed by atoms with E-state index in [1.165, 1.54) is 16.3 Å². The van der Waals surface area contributed by atoms with Crippen LogP contribution in [0.4, 0.5) is 0 Å². The second-order valence-electron chi connectivity index (χ2n) is 5.17. The largest absolute Gasteiger partial charge is 4.00 e. The van der Waals surface area contributed by atoms with Gasteiger partial charge in [-0.05, 0) is 6.92 Å². The average Bonchev–Trinajstić information content (AvgIpc) is 3.09. The molecule has 0 saturated heterocycles. The Bertz CT molecular complexity index is 463. The van der Waals surface area contributed by atoms with Crippen molar-refractivity contribution >= 4 is 10.8 Å². The van der Waals surface area contributed by atoms with E-state index in [1.54, 1.807) is 0 Å². The summed E-state index contributed by atoms with van der Waals surface area (Å²) in [7, 11) is 0. The summed E-state index contributed by atoms with van der Waals surface area (Å²) in [5, 5.41) is 14.6. The van der Waals surface area contributed by atoms with Crippen molar-refractivity contribution in [2.75, 3.05) is 39.3 Å². The van der Waals surface area contributed by atoms with Gasteiger partial charge in [-0.1, -0.05) is 53.2 Å². The molecule has 0 saturated carbocycles. The topological polar surface area (TPSA) is 42.3 Å². The molecule has 4 heteroatoms. The van der Waals surface area contributed by atoms with Gasteiger partial charge in [0.1, 0.15) is 0 Å². The summed E-state index contributed by atoms with van der Waals surface area (Å²) in [5.41, 5.74) is 1.36. The van der Waals surface area contributed by atoms with Crippen LogP contribution in [0, 0.1) is 6.92 Å². The van der Waals surface area contributed by atoms with Crippen LogP contribution in [-0.2, 0) is 21.7 Å². The zero-order valence-corrected chi connectivity index (χ0v) is 19.6. The van der Waals surface area contributed by atoms with Crippen LogP contribution in [0.15, 0.2) is 36.4 Å². The summed E-state index contributed by atoms with van der Waals surface area (Å²) in [6.45, 7) is 20.2. The fourth-order valence-electron chi connectivity index (χ4n) is 2.00.